The number of hydrogen-bond donors (Lipinski definition) is 1. The van der Waals surface area contributed by atoms with Crippen LogP contribution in [-0.2, 0) is 4.74 Å². The standard InChI is InChI=1S/C26H27Cl2N7O2/c1-26(2,3)37-25(36)34-12-4-5-18(14-34)31-24-32-22(16-8-10-29-11-9-16)21(23-33-30-15-35(23)24)17-6-7-19(27)20(28)13-17/h6-11,13,15,18H,4-5,12,14H2,1-3H3,(H,31,32). The molecule has 1 unspecified atom stereocenters. The molecule has 1 N–H and O–H groups in total. The summed E-state index contributed by atoms with van der Waals surface area (Å²) in [6.45, 7) is 6.76. The van der Waals surface area contributed by atoms with E-state index in [1.54, 1.807) is 35.8 Å². The summed E-state index contributed by atoms with van der Waals surface area (Å²) >= 11 is 12.6. The second kappa shape index (κ2) is 10.1. The first kappa shape index (κ1) is 25.2. The zero-order chi connectivity index (χ0) is 26.2. The average Bonchev–Trinajstić information content (AvgIpc) is 3.36. The summed E-state index contributed by atoms with van der Waals surface area (Å²) in [4.78, 5) is 23.6. The van der Waals surface area contributed by atoms with Crippen molar-refractivity contribution in [2.24, 2.45) is 0 Å². The molecule has 11 heteroatoms. The number of carbonyl (C=O) groups is 1. The zero-order valence-corrected chi connectivity index (χ0v) is 22.3. The molecule has 0 saturated carbocycles. The molecule has 37 heavy (non-hydrogen) atoms. The van der Waals surface area contributed by atoms with Crippen LogP contribution in [0.25, 0.3) is 28.0 Å². The van der Waals surface area contributed by atoms with E-state index < -0.39 is 5.60 Å². The second-order valence-electron chi connectivity index (χ2n) is 9.96. The molecular weight excluding hydrogens is 513 g/mol. The minimum Gasteiger partial charge on any atom is -0.444 e. The number of hydrogen-bond acceptors (Lipinski definition) is 7. The number of pyridine rings is 1. The van der Waals surface area contributed by atoms with Gasteiger partial charge >= 0.3 is 6.09 Å². The van der Waals surface area contributed by atoms with Crippen molar-refractivity contribution in [2.45, 2.75) is 45.3 Å². The summed E-state index contributed by atoms with van der Waals surface area (Å²) in [7, 11) is 0. The van der Waals surface area contributed by atoms with Gasteiger partial charge in [0.1, 0.15) is 11.9 Å². The summed E-state index contributed by atoms with van der Waals surface area (Å²) < 4.78 is 7.40. The van der Waals surface area contributed by atoms with E-state index in [1.807, 2.05) is 43.4 Å². The minimum atomic E-state index is -0.548. The van der Waals surface area contributed by atoms with Crippen molar-refractivity contribution in [1.29, 1.82) is 0 Å². The van der Waals surface area contributed by atoms with E-state index in [2.05, 4.69) is 20.5 Å². The third-order valence-electron chi connectivity index (χ3n) is 6.02. The fourth-order valence-electron chi connectivity index (χ4n) is 4.39. The third kappa shape index (κ3) is 5.47. The van der Waals surface area contributed by atoms with Crippen LogP contribution >= 0.6 is 23.2 Å². The molecule has 0 radical (unpaired) electrons. The summed E-state index contributed by atoms with van der Waals surface area (Å²) in [5, 5.41) is 13.0. The number of aromatic nitrogens is 5. The van der Waals surface area contributed by atoms with Gasteiger partial charge in [-0.05, 0) is 63.4 Å². The molecule has 192 valence electrons. The number of benzene rings is 1. The molecule has 5 rings (SSSR count). The normalized spacial score (nSPS) is 16.1. The van der Waals surface area contributed by atoms with Gasteiger partial charge in [0.15, 0.2) is 5.65 Å². The summed E-state index contributed by atoms with van der Waals surface area (Å²) in [5.74, 6) is 0.576. The zero-order valence-electron chi connectivity index (χ0n) is 20.8. The Labute approximate surface area is 224 Å². The van der Waals surface area contributed by atoms with Crippen molar-refractivity contribution in [3.8, 4) is 22.4 Å². The fraction of sp³-hybridized carbons (Fsp3) is 0.346. The monoisotopic (exact) mass is 539 g/mol. The molecule has 1 atom stereocenters. The molecule has 1 fully saturated rings. The van der Waals surface area contributed by atoms with Crippen molar-refractivity contribution >= 4 is 40.9 Å². The number of halogens is 2. The van der Waals surface area contributed by atoms with Gasteiger partial charge in [0.2, 0.25) is 5.95 Å². The highest BCUT2D eigenvalue weighted by molar-refractivity contribution is 6.42. The number of rotatable bonds is 4. The molecule has 4 aromatic rings. The number of fused-ring (bicyclic) bond motifs is 1. The van der Waals surface area contributed by atoms with Crippen LogP contribution in [0.2, 0.25) is 10.0 Å². The lowest BCUT2D eigenvalue weighted by atomic mass is 10.0. The molecule has 1 saturated heterocycles. The lowest BCUT2D eigenvalue weighted by Gasteiger charge is -2.34. The molecule has 1 aromatic carbocycles. The fourth-order valence-corrected chi connectivity index (χ4v) is 4.69. The van der Waals surface area contributed by atoms with E-state index in [0.29, 0.717) is 40.4 Å². The van der Waals surface area contributed by atoms with Crippen molar-refractivity contribution in [3.63, 3.8) is 0 Å². The number of piperidine rings is 1. The van der Waals surface area contributed by atoms with Gasteiger partial charge in [-0.1, -0.05) is 29.3 Å². The van der Waals surface area contributed by atoms with Crippen LogP contribution in [-0.4, -0.2) is 60.3 Å². The Morgan fingerprint density at radius 2 is 1.89 bits per heavy atom. The Balaban J connectivity index is 1.55. The van der Waals surface area contributed by atoms with Crippen molar-refractivity contribution in [3.05, 3.63) is 59.1 Å². The van der Waals surface area contributed by atoms with Crippen molar-refractivity contribution in [2.75, 3.05) is 18.4 Å². The Morgan fingerprint density at radius 3 is 2.62 bits per heavy atom. The minimum absolute atomic E-state index is 0.0273. The number of carbonyl (C=O) groups excluding carboxylic acids is 1. The first-order chi connectivity index (χ1) is 17.7. The van der Waals surface area contributed by atoms with E-state index in [9.17, 15) is 4.79 Å². The lowest BCUT2D eigenvalue weighted by molar-refractivity contribution is 0.0206. The third-order valence-corrected chi connectivity index (χ3v) is 6.76. The Hall–Kier alpha value is -3.43. The summed E-state index contributed by atoms with van der Waals surface area (Å²) in [5.41, 5.74) is 3.21. The predicted molar refractivity (Wildman–Crippen MR) is 144 cm³/mol. The number of likely N-dealkylation sites (tertiary alicyclic amines) is 1. The van der Waals surface area contributed by atoms with Crippen LogP contribution in [0.1, 0.15) is 33.6 Å². The molecule has 0 spiro atoms. The Morgan fingerprint density at radius 1 is 1.11 bits per heavy atom. The van der Waals surface area contributed by atoms with Crippen LogP contribution in [0.4, 0.5) is 10.7 Å². The van der Waals surface area contributed by atoms with Crippen LogP contribution in [0.5, 0.6) is 0 Å². The maximum atomic E-state index is 12.7. The van der Waals surface area contributed by atoms with Gasteiger partial charge in [0, 0.05) is 37.1 Å². The molecule has 9 nitrogen and oxygen atoms in total. The first-order valence-electron chi connectivity index (χ1n) is 12.0. The van der Waals surface area contributed by atoms with Crippen LogP contribution in [0, 0.1) is 0 Å². The summed E-state index contributed by atoms with van der Waals surface area (Å²) in [6, 6.07) is 9.20. The average molecular weight is 540 g/mol. The molecule has 1 aliphatic heterocycles. The lowest BCUT2D eigenvalue weighted by Crippen LogP contribution is -2.47. The molecule has 0 bridgehead atoms. The maximum Gasteiger partial charge on any atom is 0.410 e. The van der Waals surface area contributed by atoms with E-state index in [0.717, 1.165) is 29.5 Å². The quantitative estimate of drug-likeness (QED) is 0.341. The second-order valence-corrected chi connectivity index (χ2v) is 10.8. The van der Waals surface area contributed by atoms with Gasteiger partial charge in [0.05, 0.1) is 21.3 Å². The van der Waals surface area contributed by atoms with Gasteiger partial charge in [-0.2, -0.15) is 0 Å². The Kier molecular flexibility index (Phi) is 6.92. The van der Waals surface area contributed by atoms with E-state index in [4.69, 9.17) is 32.9 Å². The number of nitrogens with zero attached hydrogens (tertiary/aromatic N) is 6. The molecule has 1 amide bonds. The highest BCUT2D eigenvalue weighted by Gasteiger charge is 2.29. The largest absolute Gasteiger partial charge is 0.444 e. The SMILES string of the molecule is CC(C)(C)OC(=O)N1CCCC(Nc2nc(-c3ccncc3)c(-c3ccc(Cl)c(Cl)c3)c3nncn23)C1. The van der Waals surface area contributed by atoms with Crippen molar-refractivity contribution < 1.29 is 9.53 Å². The van der Waals surface area contributed by atoms with Gasteiger partial charge in [-0.3, -0.25) is 9.38 Å². The van der Waals surface area contributed by atoms with Crippen LogP contribution < -0.4 is 5.32 Å². The number of amides is 1. The van der Waals surface area contributed by atoms with Crippen LogP contribution in [0.3, 0.4) is 0 Å². The molecule has 0 aliphatic carbocycles. The molecule has 4 heterocycles. The number of nitrogens with one attached hydrogen (secondary N) is 1. The molecule has 3 aromatic heterocycles. The van der Waals surface area contributed by atoms with E-state index in [-0.39, 0.29) is 12.1 Å². The smallest absolute Gasteiger partial charge is 0.410 e. The molecular formula is C26H27Cl2N7O2. The Bertz CT molecular complexity index is 1440. The van der Waals surface area contributed by atoms with Gasteiger partial charge < -0.3 is 15.0 Å². The number of ether oxygens (including phenoxy) is 1. The molecule has 1 aliphatic rings. The van der Waals surface area contributed by atoms with E-state index in [1.165, 1.54) is 0 Å². The van der Waals surface area contributed by atoms with Crippen molar-refractivity contribution in [1.82, 2.24) is 29.5 Å². The topological polar surface area (TPSA) is 97.5 Å². The van der Waals surface area contributed by atoms with Gasteiger partial charge in [0.25, 0.3) is 0 Å². The number of anilines is 1. The predicted octanol–water partition coefficient (Wildman–Crippen LogP) is 5.97. The van der Waals surface area contributed by atoms with Gasteiger partial charge in [-0.25, -0.2) is 9.78 Å². The first-order valence-corrected chi connectivity index (χ1v) is 12.8. The van der Waals surface area contributed by atoms with Crippen LogP contribution in [0.15, 0.2) is 49.1 Å². The highest BCUT2D eigenvalue weighted by Crippen LogP contribution is 2.37. The van der Waals surface area contributed by atoms with Gasteiger partial charge in [-0.15, -0.1) is 10.2 Å². The summed E-state index contributed by atoms with van der Waals surface area (Å²) in [6.07, 6.45) is 6.47. The van der Waals surface area contributed by atoms with E-state index >= 15 is 0 Å². The highest BCUT2D eigenvalue weighted by atomic mass is 35.5. The maximum absolute atomic E-state index is 12.7.